The highest BCUT2D eigenvalue weighted by atomic mass is 14.6. The predicted molar refractivity (Wildman–Crippen MR) is 66.9 cm³/mol. The lowest BCUT2D eigenvalue weighted by molar-refractivity contribution is 0.846. The van der Waals surface area contributed by atoms with Crippen LogP contribution in [-0.2, 0) is 0 Å². The molecule has 0 radical (unpaired) electrons. The summed E-state index contributed by atoms with van der Waals surface area (Å²) in [5, 5.41) is 7.45. The second-order valence-corrected chi connectivity index (χ2v) is 4.53. The van der Waals surface area contributed by atoms with Crippen LogP contribution in [0.3, 0.4) is 0 Å². The van der Waals surface area contributed by atoms with Gasteiger partial charge in [-0.25, -0.2) is 0 Å². The molecule has 0 fully saturated rings. The Kier molecular flexibility index (Phi) is 3.51. The molecule has 0 saturated carbocycles. The third-order valence-electron chi connectivity index (χ3n) is 2.74. The zero-order chi connectivity index (χ0) is 11.6. The van der Waals surface area contributed by atoms with Gasteiger partial charge in [0.15, 0.2) is 0 Å². The van der Waals surface area contributed by atoms with Crippen LogP contribution < -0.4 is 5.73 Å². The minimum atomic E-state index is 0.407. The molecule has 0 spiro atoms. The van der Waals surface area contributed by atoms with Crippen LogP contribution in [0.2, 0.25) is 0 Å². The van der Waals surface area contributed by atoms with E-state index < -0.39 is 0 Å². The van der Waals surface area contributed by atoms with Crippen LogP contribution in [0.1, 0.15) is 56.2 Å². The van der Waals surface area contributed by atoms with Crippen LogP contribution in [0.5, 0.6) is 0 Å². The second kappa shape index (κ2) is 4.47. The molecule has 1 aromatic rings. The van der Waals surface area contributed by atoms with E-state index in [1.165, 1.54) is 6.21 Å². The van der Waals surface area contributed by atoms with Gasteiger partial charge in [0, 0.05) is 17.5 Å². The van der Waals surface area contributed by atoms with E-state index >= 15 is 0 Å². The Labute approximate surface area is 92.0 Å². The molecular formula is C13H20N2. The molecular weight excluding hydrogens is 184 g/mol. The Morgan fingerprint density at radius 3 is 1.93 bits per heavy atom. The zero-order valence-corrected chi connectivity index (χ0v) is 9.96. The molecule has 0 unspecified atom stereocenters. The van der Waals surface area contributed by atoms with Crippen LogP contribution in [0.15, 0.2) is 12.1 Å². The minimum Gasteiger partial charge on any atom is -0.398 e. The first kappa shape index (κ1) is 11.8. The van der Waals surface area contributed by atoms with Crippen LogP contribution in [0, 0.1) is 5.41 Å². The number of hydrogen-bond donors (Lipinski definition) is 2. The molecule has 0 aliphatic carbocycles. The fourth-order valence-corrected chi connectivity index (χ4v) is 1.84. The van der Waals surface area contributed by atoms with Crippen molar-refractivity contribution in [3.63, 3.8) is 0 Å². The summed E-state index contributed by atoms with van der Waals surface area (Å²) in [6.07, 6.45) is 1.37. The molecule has 0 amide bonds. The second-order valence-electron chi connectivity index (χ2n) is 4.53. The summed E-state index contributed by atoms with van der Waals surface area (Å²) in [5.74, 6) is 0.815. The molecule has 1 aromatic carbocycles. The SMILES string of the molecule is CC(C)c1ccc(C(C)C)c(C=N)c1N. The van der Waals surface area contributed by atoms with Gasteiger partial charge < -0.3 is 11.1 Å². The monoisotopic (exact) mass is 204 g/mol. The van der Waals surface area contributed by atoms with Gasteiger partial charge in [0.25, 0.3) is 0 Å². The lowest BCUT2D eigenvalue weighted by Crippen LogP contribution is -2.05. The Hall–Kier alpha value is -1.31. The van der Waals surface area contributed by atoms with E-state index in [9.17, 15) is 0 Å². The maximum absolute atomic E-state index is 7.45. The summed E-state index contributed by atoms with van der Waals surface area (Å²) in [7, 11) is 0. The quantitative estimate of drug-likeness (QED) is 0.574. The number of benzene rings is 1. The summed E-state index contributed by atoms with van der Waals surface area (Å²) in [4.78, 5) is 0. The first-order valence-corrected chi connectivity index (χ1v) is 5.41. The third-order valence-corrected chi connectivity index (χ3v) is 2.74. The minimum absolute atomic E-state index is 0.407. The van der Waals surface area contributed by atoms with Crippen molar-refractivity contribution in [1.29, 1.82) is 5.41 Å². The average molecular weight is 204 g/mol. The van der Waals surface area contributed by atoms with Crippen molar-refractivity contribution < 1.29 is 0 Å². The Bertz CT molecular complexity index is 365. The summed E-state index contributed by atoms with van der Waals surface area (Å²) in [6.45, 7) is 8.48. The Morgan fingerprint density at radius 1 is 1.07 bits per heavy atom. The summed E-state index contributed by atoms with van der Waals surface area (Å²) in [5.41, 5.74) is 10.0. The highest BCUT2D eigenvalue weighted by Crippen LogP contribution is 2.30. The molecule has 2 heteroatoms. The van der Waals surface area contributed by atoms with Crippen LogP contribution in [0.25, 0.3) is 0 Å². The molecule has 15 heavy (non-hydrogen) atoms. The van der Waals surface area contributed by atoms with E-state index in [4.69, 9.17) is 11.1 Å². The van der Waals surface area contributed by atoms with Crippen molar-refractivity contribution in [3.8, 4) is 0 Å². The normalized spacial score (nSPS) is 11.1. The summed E-state index contributed by atoms with van der Waals surface area (Å²) in [6, 6.07) is 4.18. The number of nitrogens with two attached hydrogens (primary N) is 1. The molecule has 2 nitrogen and oxygen atoms in total. The van der Waals surface area contributed by atoms with E-state index in [1.54, 1.807) is 0 Å². The first-order valence-electron chi connectivity index (χ1n) is 5.41. The standard InChI is InChI=1S/C13H20N2/c1-8(2)10-5-6-11(9(3)4)13(15)12(10)7-14/h5-9,14H,15H2,1-4H3. The van der Waals surface area contributed by atoms with E-state index in [2.05, 4.69) is 39.8 Å². The van der Waals surface area contributed by atoms with E-state index in [0.717, 1.165) is 22.4 Å². The van der Waals surface area contributed by atoms with Crippen molar-refractivity contribution in [3.05, 3.63) is 28.8 Å². The molecule has 82 valence electrons. The lowest BCUT2D eigenvalue weighted by Gasteiger charge is -2.17. The third kappa shape index (κ3) is 2.20. The van der Waals surface area contributed by atoms with Gasteiger partial charge in [0.05, 0.1) is 0 Å². The molecule has 3 N–H and O–H groups in total. The van der Waals surface area contributed by atoms with E-state index in [1.807, 2.05) is 0 Å². The molecule has 0 bridgehead atoms. The number of hydrogen-bond acceptors (Lipinski definition) is 2. The van der Waals surface area contributed by atoms with Crippen molar-refractivity contribution in [2.75, 3.05) is 5.73 Å². The molecule has 0 atom stereocenters. The first-order chi connectivity index (χ1) is 6.99. The van der Waals surface area contributed by atoms with Gasteiger partial charge in [-0.05, 0) is 23.0 Å². The fraction of sp³-hybridized carbons (Fsp3) is 0.462. The highest BCUT2D eigenvalue weighted by molar-refractivity contribution is 5.88. The molecule has 0 aliphatic rings. The molecule has 0 heterocycles. The van der Waals surface area contributed by atoms with E-state index in [-0.39, 0.29) is 0 Å². The van der Waals surface area contributed by atoms with Crippen LogP contribution >= 0.6 is 0 Å². The molecule has 0 saturated heterocycles. The van der Waals surface area contributed by atoms with Gasteiger partial charge in [-0.3, -0.25) is 0 Å². The van der Waals surface area contributed by atoms with Crippen molar-refractivity contribution in [1.82, 2.24) is 0 Å². The van der Waals surface area contributed by atoms with Gasteiger partial charge in [-0.1, -0.05) is 39.8 Å². The van der Waals surface area contributed by atoms with Gasteiger partial charge in [-0.15, -0.1) is 0 Å². The summed E-state index contributed by atoms with van der Waals surface area (Å²) >= 11 is 0. The maximum Gasteiger partial charge on any atom is 0.0441 e. The van der Waals surface area contributed by atoms with Gasteiger partial charge >= 0.3 is 0 Å². The Balaban J connectivity index is 3.39. The van der Waals surface area contributed by atoms with Crippen molar-refractivity contribution >= 4 is 11.9 Å². The van der Waals surface area contributed by atoms with E-state index in [0.29, 0.717) is 11.8 Å². The van der Waals surface area contributed by atoms with Crippen LogP contribution in [-0.4, -0.2) is 6.21 Å². The number of anilines is 1. The number of rotatable bonds is 3. The fourth-order valence-electron chi connectivity index (χ4n) is 1.84. The molecule has 0 aromatic heterocycles. The van der Waals surface area contributed by atoms with Crippen molar-refractivity contribution in [2.24, 2.45) is 0 Å². The Morgan fingerprint density at radius 2 is 1.53 bits per heavy atom. The summed E-state index contributed by atoms with van der Waals surface area (Å²) < 4.78 is 0. The smallest absolute Gasteiger partial charge is 0.0441 e. The van der Waals surface area contributed by atoms with Crippen molar-refractivity contribution in [2.45, 2.75) is 39.5 Å². The highest BCUT2D eigenvalue weighted by Gasteiger charge is 2.13. The maximum atomic E-state index is 7.45. The average Bonchev–Trinajstić information content (AvgIpc) is 2.16. The largest absolute Gasteiger partial charge is 0.398 e. The topological polar surface area (TPSA) is 49.9 Å². The predicted octanol–water partition coefficient (Wildman–Crippen LogP) is 3.51. The van der Waals surface area contributed by atoms with Gasteiger partial charge in [0.1, 0.15) is 0 Å². The van der Waals surface area contributed by atoms with Crippen LogP contribution in [0.4, 0.5) is 5.69 Å². The number of nitrogen functional groups attached to an aromatic ring is 1. The zero-order valence-electron chi connectivity index (χ0n) is 9.96. The lowest BCUT2D eigenvalue weighted by atomic mass is 9.90. The number of nitrogens with one attached hydrogen (secondary N) is 1. The van der Waals surface area contributed by atoms with Gasteiger partial charge in [0.2, 0.25) is 0 Å². The molecule has 1 rings (SSSR count). The molecule has 0 aliphatic heterocycles. The van der Waals surface area contributed by atoms with Gasteiger partial charge in [-0.2, -0.15) is 0 Å².